The predicted octanol–water partition coefficient (Wildman–Crippen LogP) is 3.54. The molecule has 0 amide bonds. The Morgan fingerprint density at radius 2 is 2.22 bits per heavy atom. The molecule has 1 heterocycles. The van der Waals surface area contributed by atoms with Gasteiger partial charge in [-0.15, -0.1) is 24.0 Å². The molecule has 6 heteroatoms. The Balaban J connectivity index is 0.00000192. The zero-order valence-corrected chi connectivity index (χ0v) is 16.6. The zero-order valence-electron chi connectivity index (χ0n) is 13.5. The highest BCUT2D eigenvalue weighted by atomic mass is 127. The maximum absolute atomic E-state index is 13.4. The second kappa shape index (κ2) is 8.55. The average molecular weight is 449 g/mol. The fourth-order valence-electron chi connectivity index (χ4n) is 3.03. The van der Waals surface area contributed by atoms with Gasteiger partial charge < -0.3 is 10.6 Å². The van der Waals surface area contributed by atoms with Crippen LogP contribution in [0.2, 0.25) is 0 Å². The third-order valence-electron chi connectivity index (χ3n) is 4.63. The highest BCUT2D eigenvalue weighted by Gasteiger charge is 2.44. The third-order valence-corrected chi connectivity index (χ3v) is 6.03. The first-order valence-electron chi connectivity index (χ1n) is 8.04. The van der Waals surface area contributed by atoms with E-state index < -0.39 is 0 Å². The first-order chi connectivity index (χ1) is 10.7. The lowest BCUT2D eigenvalue weighted by Gasteiger charge is -2.20. The average Bonchev–Trinajstić information content (AvgIpc) is 3.14. The molecule has 2 fully saturated rings. The minimum atomic E-state index is -0.149. The summed E-state index contributed by atoms with van der Waals surface area (Å²) in [6.07, 6.45) is 4.84. The molecule has 128 valence electrons. The van der Waals surface area contributed by atoms with Gasteiger partial charge in [0.1, 0.15) is 5.82 Å². The number of thioether (sulfide) groups is 1. The molecule has 1 aliphatic carbocycles. The van der Waals surface area contributed by atoms with Crippen LogP contribution in [0, 0.1) is 5.82 Å². The molecule has 3 nitrogen and oxygen atoms in total. The van der Waals surface area contributed by atoms with Gasteiger partial charge in [0.15, 0.2) is 5.96 Å². The highest BCUT2D eigenvalue weighted by molar-refractivity contribution is 14.0. The molecule has 2 N–H and O–H groups in total. The topological polar surface area (TPSA) is 36.4 Å². The number of nitrogens with one attached hydrogen (secondary N) is 2. The van der Waals surface area contributed by atoms with Crippen molar-refractivity contribution in [3.8, 4) is 0 Å². The summed E-state index contributed by atoms with van der Waals surface area (Å²) >= 11 is 2.04. The van der Waals surface area contributed by atoms with Crippen LogP contribution in [0.1, 0.15) is 31.2 Å². The van der Waals surface area contributed by atoms with Crippen molar-refractivity contribution in [2.75, 3.05) is 25.9 Å². The molecule has 1 aromatic rings. The smallest absolute Gasteiger partial charge is 0.191 e. The molecule has 0 aromatic heterocycles. The molecular formula is C17H25FIN3S. The fourth-order valence-corrected chi connectivity index (χ4v) is 4.23. The molecule has 0 spiro atoms. The number of benzene rings is 1. The summed E-state index contributed by atoms with van der Waals surface area (Å²) in [6.45, 7) is 1.78. The molecular weight excluding hydrogens is 424 g/mol. The summed E-state index contributed by atoms with van der Waals surface area (Å²) in [5, 5.41) is 7.55. The lowest BCUT2D eigenvalue weighted by molar-refractivity contribution is 0.606. The molecule has 1 aliphatic heterocycles. The van der Waals surface area contributed by atoms with E-state index in [4.69, 9.17) is 0 Å². The number of rotatable bonds is 5. The van der Waals surface area contributed by atoms with Crippen LogP contribution in [0.5, 0.6) is 0 Å². The molecule has 1 aromatic carbocycles. The van der Waals surface area contributed by atoms with Crippen LogP contribution in [-0.4, -0.2) is 37.1 Å². The van der Waals surface area contributed by atoms with Gasteiger partial charge in [-0.25, -0.2) is 4.39 Å². The highest BCUT2D eigenvalue weighted by Crippen LogP contribution is 2.47. The minimum absolute atomic E-state index is 0. The quantitative estimate of drug-likeness (QED) is 0.410. The van der Waals surface area contributed by atoms with Crippen molar-refractivity contribution in [3.05, 3.63) is 35.6 Å². The molecule has 23 heavy (non-hydrogen) atoms. The number of hydrogen-bond donors (Lipinski definition) is 2. The van der Waals surface area contributed by atoms with Gasteiger partial charge in [-0.3, -0.25) is 4.99 Å². The summed E-state index contributed by atoms with van der Waals surface area (Å²) in [4.78, 5) is 4.30. The number of halogens is 2. The predicted molar refractivity (Wildman–Crippen MR) is 108 cm³/mol. The second-order valence-corrected chi connectivity index (χ2v) is 7.64. The van der Waals surface area contributed by atoms with Gasteiger partial charge in [-0.05, 0) is 49.1 Å². The van der Waals surface area contributed by atoms with Crippen molar-refractivity contribution in [1.82, 2.24) is 10.6 Å². The lowest BCUT2D eigenvalue weighted by Crippen LogP contribution is -2.43. The second-order valence-electron chi connectivity index (χ2n) is 6.23. The number of nitrogens with zero attached hydrogens (tertiary/aromatic N) is 1. The molecule has 1 atom stereocenters. The normalized spacial score (nSPS) is 22.3. The molecule has 3 rings (SSSR count). The monoisotopic (exact) mass is 449 g/mol. The van der Waals surface area contributed by atoms with Crippen LogP contribution < -0.4 is 10.6 Å². The van der Waals surface area contributed by atoms with E-state index in [0.717, 1.165) is 37.5 Å². The van der Waals surface area contributed by atoms with E-state index in [1.807, 2.05) is 17.8 Å². The Hall–Kier alpha value is -0.500. The number of hydrogen-bond acceptors (Lipinski definition) is 2. The van der Waals surface area contributed by atoms with Gasteiger partial charge in [0.2, 0.25) is 0 Å². The van der Waals surface area contributed by atoms with E-state index in [9.17, 15) is 4.39 Å². The van der Waals surface area contributed by atoms with Crippen LogP contribution >= 0.6 is 35.7 Å². The summed E-state index contributed by atoms with van der Waals surface area (Å²) in [7, 11) is 1.80. The van der Waals surface area contributed by atoms with E-state index in [-0.39, 0.29) is 35.2 Å². The Morgan fingerprint density at radius 1 is 1.39 bits per heavy atom. The molecule has 0 radical (unpaired) electrons. The zero-order chi connectivity index (χ0) is 15.4. The van der Waals surface area contributed by atoms with Crippen molar-refractivity contribution in [3.63, 3.8) is 0 Å². The summed E-state index contributed by atoms with van der Waals surface area (Å²) in [6, 6.07) is 7.01. The molecule has 0 bridgehead atoms. The van der Waals surface area contributed by atoms with Crippen LogP contribution in [-0.2, 0) is 5.41 Å². The van der Waals surface area contributed by atoms with Crippen molar-refractivity contribution < 1.29 is 4.39 Å². The van der Waals surface area contributed by atoms with Gasteiger partial charge in [0.25, 0.3) is 0 Å². The fraction of sp³-hybridized carbons (Fsp3) is 0.588. The molecule has 1 saturated heterocycles. The standard InChI is InChI=1S/C17H24FN3S.HI/c1-19-16(20-11-15-6-3-9-22-15)21-12-17(7-8-17)13-4-2-5-14(18)10-13;/h2,4-5,10,15H,3,6-9,11-12H2,1H3,(H2,19,20,21);1H. The first-order valence-corrected chi connectivity index (χ1v) is 9.09. The van der Waals surface area contributed by atoms with Crippen LogP contribution in [0.25, 0.3) is 0 Å². The molecule has 2 aliphatic rings. The summed E-state index contributed by atoms with van der Waals surface area (Å²) < 4.78 is 13.4. The van der Waals surface area contributed by atoms with Gasteiger partial charge >= 0.3 is 0 Å². The van der Waals surface area contributed by atoms with Gasteiger partial charge in [0, 0.05) is 30.8 Å². The Bertz CT molecular complexity index is 542. The van der Waals surface area contributed by atoms with Crippen LogP contribution in [0.3, 0.4) is 0 Å². The number of aliphatic imine (C=N–C) groups is 1. The van der Waals surface area contributed by atoms with Crippen molar-refractivity contribution in [1.29, 1.82) is 0 Å². The first kappa shape index (κ1) is 18.8. The van der Waals surface area contributed by atoms with E-state index in [0.29, 0.717) is 5.25 Å². The lowest BCUT2D eigenvalue weighted by atomic mass is 9.96. The Kier molecular flexibility index (Phi) is 7.00. The Morgan fingerprint density at radius 3 is 2.83 bits per heavy atom. The van der Waals surface area contributed by atoms with E-state index in [1.54, 1.807) is 19.2 Å². The SMILES string of the molecule is CN=C(NCC1CCCS1)NCC1(c2cccc(F)c2)CC1.I. The number of guanidine groups is 1. The summed E-state index contributed by atoms with van der Waals surface area (Å²) in [5.74, 6) is 1.99. The third kappa shape index (κ3) is 4.98. The largest absolute Gasteiger partial charge is 0.356 e. The maximum atomic E-state index is 13.4. The van der Waals surface area contributed by atoms with Crippen LogP contribution in [0.15, 0.2) is 29.3 Å². The molecule has 1 saturated carbocycles. The maximum Gasteiger partial charge on any atom is 0.191 e. The van der Waals surface area contributed by atoms with Gasteiger partial charge in [-0.2, -0.15) is 11.8 Å². The summed E-state index contributed by atoms with van der Waals surface area (Å²) in [5.41, 5.74) is 1.18. The minimum Gasteiger partial charge on any atom is -0.356 e. The van der Waals surface area contributed by atoms with E-state index >= 15 is 0 Å². The van der Waals surface area contributed by atoms with Crippen molar-refractivity contribution >= 4 is 41.7 Å². The van der Waals surface area contributed by atoms with Gasteiger partial charge in [-0.1, -0.05) is 12.1 Å². The van der Waals surface area contributed by atoms with E-state index in [1.165, 1.54) is 24.7 Å². The molecule has 1 unspecified atom stereocenters. The van der Waals surface area contributed by atoms with E-state index in [2.05, 4.69) is 15.6 Å². The van der Waals surface area contributed by atoms with Crippen molar-refractivity contribution in [2.45, 2.75) is 36.3 Å². The Labute approximate surface area is 159 Å². The van der Waals surface area contributed by atoms with Crippen molar-refractivity contribution in [2.24, 2.45) is 4.99 Å². The van der Waals surface area contributed by atoms with Gasteiger partial charge in [0.05, 0.1) is 0 Å². The van der Waals surface area contributed by atoms with Crippen LogP contribution in [0.4, 0.5) is 4.39 Å².